The fraction of sp³-hybridized carbons (Fsp3) is 0.0909. The molecule has 90 valence electrons. The zero-order chi connectivity index (χ0) is 13.1. The summed E-state index contributed by atoms with van der Waals surface area (Å²) >= 11 is 0. The number of carboxylic acid groups (broad SMARTS) is 1. The highest BCUT2D eigenvalue weighted by Crippen LogP contribution is 2.31. The van der Waals surface area contributed by atoms with E-state index in [-0.39, 0.29) is 5.56 Å². The maximum absolute atomic E-state index is 12.4. The van der Waals surface area contributed by atoms with Crippen LogP contribution < -0.4 is 0 Å². The Hall–Kier alpha value is -2.11. The minimum absolute atomic E-state index is 0.00400. The van der Waals surface area contributed by atoms with E-state index in [4.69, 9.17) is 5.11 Å². The minimum Gasteiger partial charge on any atom is -0.478 e. The molecular weight excluding hydrogens is 237 g/mol. The van der Waals surface area contributed by atoms with Crippen molar-refractivity contribution in [1.82, 2.24) is 0 Å². The third-order valence-electron chi connectivity index (χ3n) is 1.90. The molecule has 0 aliphatic heterocycles. The monoisotopic (exact) mass is 244 g/mol. The van der Waals surface area contributed by atoms with E-state index in [1.165, 1.54) is 0 Å². The third-order valence-corrected chi connectivity index (χ3v) is 1.90. The lowest BCUT2D eigenvalue weighted by Gasteiger charge is -2.08. The largest absolute Gasteiger partial charge is 0.478 e. The number of hydrogen-bond donors (Lipinski definition) is 1. The van der Waals surface area contributed by atoms with Gasteiger partial charge < -0.3 is 5.11 Å². The number of rotatable bonds is 3. The second-order valence-electron chi connectivity index (χ2n) is 3.14. The summed E-state index contributed by atoms with van der Waals surface area (Å²) in [7, 11) is 0. The van der Waals surface area contributed by atoms with E-state index >= 15 is 0 Å². The lowest BCUT2D eigenvalue weighted by Crippen LogP contribution is -2.08. The van der Waals surface area contributed by atoms with Crippen molar-refractivity contribution in [3.05, 3.63) is 41.0 Å². The molecule has 0 radical (unpaired) electrons. The molecule has 0 fully saturated rings. The van der Waals surface area contributed by atoms with Gasteiger partial charge in [-0.25, -0.2) is 4.79 Å². The molecule has 0 aliphatic rings. The summed E-state index contributed by atoms with van der Waals surface area (Å²) in [5.74, 6) is -1.46. The number of allylic oxidation sites excluding steroid dienone is 1. The topological polar surface area (TPSA) is 54.4 Å². The molecule has 6 heteroatoms. The lowest BCUT2D eigenvalue weighted by molar-refractivity contribution is -0.137. The van der Waals surface area contributed by atoms with Crippen LogP contribution in [0.15, 0.2) is 24.3 Å². The second-order valence-corrected chi connectivity index (χ2v) is 3.14. The van der Waals surface area contributed by atoms with Crippen LogP contribution in [0.3, 0.4) is 0 Å². The molecule has 0 unspecified atom stereocenters. The van der Waals surface area contributed by atoms with Gasteiger partial charge in [0.15, 0.2) is 0 Å². The lowest BCUT2D eigenvalue weighted by atomic mass is 10.0. The molecule has 0 heterocycles. The van der Waals surface area contributed by atoms with Crippen LogP contribution in [0.5, 0.6) is 0 Å². The van der Waals surface area contributed by atoms with Crippen LogP contribution >= 0.6 is 0 Å². The van der Waals surface area contributed by atoms with Crippen molar-refractivity contribution in [1.29, 1.82) is 0 Å². The average Bonchev–Trinajstić information content (AvgIpc) is 2.24. The molecule has 3 nitrogen and oxygen atoms in total. The van der Waals surface area contributed by atoms with Crippen molar-refractivity contribution in [2.45, 2.75) is 6.18 Å². The first-order valence-corrected chi connectivity index (χ1v) is 4.42. The van der Waals surface area contributed by atoms with Gasteiger partial charge in [0.05, 0.1) is 11.1 Å². The van der Waals surface area contributed by atoms with Crippen molar-refractivity contribution in [3.63, 3.8) is 0 Å². The molecule has 0 bridgehead atoms. The van der Waals surface area contributed by atoms with E-state index < -0.39 is 23.3 Å². The van der Waals surface area contributed by atoms with Gasteiger partial charge >= 0.3 is 12.1 Å². The predicted octanol–water partition coefficient (Wildman–Crippen LogP) is 2.62. The summed E-state index contributed by atoms with van der Waals surface area (Å²) < 4.78 is 37.3. The Morgan fingerprint density at radius 2 is 1.88 bits per heavy atom. The van der Waals surface area contributed by atoms with Crippen LogP contribution in [-0.4, -0.2) is 17.4 Å². The van der Waals surface area contributed by atoms with Gasteiger partial charge in [-0.1, -0.05) is 6.08 Å². The van der Waals surface area contributed by atoms with Gasteiger partial charge in [0.2, 0.25) is 0 Å². The van der Waals surface area contributed by atoms with Gasteiger partial charge in [0.1, 0.15) is 6.29 Å². The standard InChI is InChI=1S/C11H7F3O3/c12-11(13,14)9-5-7(2-1-3-15)4-8(6-9)10(16)17/h1-6H,(H,16,17). The second kappa shape index (κ2) is 4.82. The number of aldehydes is 1. The molecule has 0 atom stereocenters. The van der Waals surface area contributed by atoms with Crippen LogP contribution in [-0.2, 0) is 11.0 Å². The molecule has 0 saturated carbocycles. The zero-order valence-electron chi connectivity index (χ0n) is 8.36. The Labute approximate surface area is 94.2 Å². The number of carbonyl (C=O) groups excluding carboxylic acids is 1. The fourth-order valence-corrected chi connectivity index (χ4v) is 1.19. The summed E-state index contributed by atoms with van der Waals surface area (Å²) in [6, 6.07) is 2.37. The highest BCUT2D eigenvalue weighted by Gasteiger charge is 2.31. The van der Waals surface area contributed by atoms with E-state index in [0.29, 0.717) is 12.4 Å². The quantitative estimate of drug-likeness (QED) is 0.656. The molecule has 0 amide bonds. The maximum atomic E-state index is 12.4. The summed E-state index contributed by atoms with van der Waals surface area (Å²) in [5, 5.41) is 8.66. The first-order chi connectivity index (χ1) is 7.84. The minimum atomic E-state index is -4.63. The number of aromatic carboxylic acids is 1. The van der Waals surface area contributed by atoms with Crippen LogP contribution in [0.25, 0.3) is 6.08 Å². The van der Waals surface area contributed by atoms with Crippen LogP contribution in [0.1, 0.15) is 21.5 Å². The molecule has 0 saturated heterocycles. The number of hydrogen-bond acceptors (Lipinski definition) is 2. The summed E-state index contributed by atoms with van der Waals surface area (Å²) in [5.41, 5.74) is -1.54. The zero-order valence-corrected chi connectivity index (χ0v) is 8.36. The number of carbonyl (C=O) groups is 2. The predicted molar refractivity (Wildman–Crippen MR) is 53.5 cm³/mol. The Balaban J connectivity index is 3.33. The van der Waals surface area contributed by atoms with Gasteiger partial charge in [-0.15, -0.1) is 0 Å². The summed E-state index contributed by atoms with van der Waals surface area (Å²) in [6.45, 7) is 0. The van der Waals surface area contributed by atoms with Gasteiger partial charge in [0, 0.05) is 0 Å². The Kier molecular flexibility index (Phi) is 3.67. The van der Waals surface area contributed by atoms with Crippen LogP contribution in [0.2, 0.25) is 0 Å². The Morgan fingerprint density at radius 1 is 1.24 bits per heavy atom. The van der Waals surface area contributed by atoms with Gasteiger partial charge in [-0.05, 0) is 29.8 Å². The first-order valence-electron chi connectivity index (χ1n) is 4.42. The van der Waals surface area contributed by atoms with Crippen molar-refractivity contribution >= 4 is 18.3 Å². The highest BCUT2D eigenvalue weighted by molar-refractivity contribution is 5.89. The molecule has 0 spiro atoms. The summed E-state index contributed by atoms with van der Waals surface area (Å²) in [6.07, 6.45) is -2.15. The molecule has 17 heavy (non-hydrogen) atoms. The van der Waals surface area contributed by atoms with Crippen LogP contribution in [0.4, 0.5) is 13.2 Å². The SMILES string of the molecule is O=CC=Cc1cc(C(=O)O)cc(C(F)(F)F)c1. The van der Waals surface area contributed by atoms with Crippen molar-refractivity contribution in [3.8, 4) is 0 Å². The Bertz CT molecular complexity index is 475. The number of carboxylic acids is 1. The molecule has 1 aromatic rings. The molecule has 1 aromatic carbocycles. The number of halogens is 3. The van der Waals surface area contributed by atoms with E-state index in [1.54, 1.807) is 0 Å². The van der Waals surface area contributed by atoms with E-state index in [2.05, 4.69) is 0 Å². The van der Waals surface area contributed by atoms with E-state index in [1.807, 2.05) is 0 Å². The normalized spacial score (nSPS) is 11.7. The van der Waals surface area contributed by atoms with Crippen molar-refractivity contribution in [2.24, 2.45) is 0 Å². The van der Waals surface area contributed by atoms with Gasteiger partial charge in [-0.2, -0.15) is 13.2 Å². The highest BCUT2D eigenvalue weighted by atomic mass is 19.4. The number of benzene rings is 1. The molecule has 1 N–H and O–H groups in total. The van der Waals surface area contributed by atoms with Gasteiger partial charge in [-0.3, -0.25) is 4.79 Å². The first kappa shape index (κ1) is 13.0. The maximum Gasteiger partial charge on any atom is 0.416 e. The third kappa shape index (κ3) is 3.44. The molecule has 0 aliphatic carbocycles. The smallest absolute Gasteiger partial charge is 0.416 e. The van der Waals surface area contributed by atoms with E-state index in [0.717, 1.165) is 24.3 Å². The van der Waals surface area contributed by atoms with Crippen LogP contribution in [0, 0.1) is 0 Å². The average molecular weight is 244 g/mol. The number of alkyl halides is 3. The molecular formula is C11H7F3O3. The Morgan fingerprint density at radius 3 is 2.35 bits per heavy atom. The summed E-state index contributed by atoms with van der Waals surface area (Å²) in [4.78, 5) is 20.7. The fourth-order valence-electron chi connectivity index (χ4n) is 1.19. The van der Waals surface area contributed by atoms with Crippen molar-refractivity contribution < 1.29 is 27.9 Å². The molecule has 0 aromatic heterocycles. The molecule has 1 rings (SSSR count). The van der Waals surface area contributed by atoms with Gasteiger partial charge in [0.25, 0.3) is 0 Å². The van der Waals surface area contributed by atoms with Crippen molar-refractivity contribution in [2.75, 3.05) is 0 Å². The van der Waals surface area contributed by atoms with E-state index in [9.17, 15) is 22.8 Å².